The highest BCUT2D eigenvalue weighted by molar-refractivity contribution is 7.99. The topological polar surface area (TPSA) is 88.9 Å². The maximum absolute atomic E-state index is 12.0. The Balaban J connectivity index is 1.92. The van der Waals surface area contributed by atoms with Crippen molar-refractivity contribution in [2.45, 2.75) is 32.0 Å². The molecule has 0 spiro atoms. The normalized spacial score (nSPS) is 10.6. The Labute approximate surface area is 138 Å². The minimum absolute atomic E-state index is 0.145. The summed E-state index contributed by atoms with van der Waals surface area (Å²) in [4.78, 5) is 23.1. The number of anilines is 2. The van der Waals surface area contributed by atoms with Crippen molar-refractivity contribution in [3.8, 4) is 0 Å². The van der Waals surface area contributed by atoms with Gasteiger partial charge in [0.05, 0.1) is 5.75 Å². The van der Waals surface area contributed by atoms with E-state index >= 15 is 0 Å². The fourth-order valence-corrected chi connectivity index (χ4v) is 2.74. The predicted molar refractivity (Wildman–Crippen MR) is 90.5 cm³/mol. The fraction of sp³-hybridized carbons (Fsp3) is 0.333. The molecule has 0 unspecified atom stereocenters. The minimum Gasteiger partial charge on any atom is -0.326 e. The molecule has 122 valence electrons. The highest BCUT2D eigenvalue weighted by Gasteiger charge is 2.11. The SMILES string of the molecule is CC(=O)Nc1cccc(NC(=O)CSc2nncn2C(C)C)c1. The van der Waals surface area contributed by atoms with Crippen molar-refractivity contribution in [3.05, 3.63) is 30.6 Å². The standard InChI is InChI=1S/C15H19N5O2S/c1-10(2)20-9-16-19-15(20)23-8-14(22)18-13-6-4-5-12(7-13)17-11(3)21/h4-7,9-10H,8H2,1-3H3,(H,17,21)(H,18,22). The van der Waals surface area contributed by atoms with E-state index in [4.69, 9.17) is 0 Å². The molecule has 1 aromatic carbocycles. The van der Waals surface area contributed by atoms with Gasteiger partial charge in [-0.1, -0.05) is 17.8 Å². The Morgan fingerprint density at radius 2 is 1.96 bits per heavy atom. The molecule has 8 heteroatoms. The van der Waals surface area contributed by atoms with Gasteiger partial charge in [0.2, 0.25) is 11.8 Å². The van der Waals surface area contributed by atoms with Crippen molar-refractivity contribution in [3.63, 3.8) is 0 Å². The highest BCUT2D eigenvalue weighted by Crippen LogP contribution is 2.20. The van der Waals surface area contributed by atoms with Crippen LogP contribution in [0.3, 0.4) is 0 Å². The molecule has 0 radical (unpaired) electrons. The molecular weight excluding hydrogens is 314 g/mol. The second-order valence-electron chi connectivity index (χ2n) is 5.21. The van der Waals surface area contributed by atoms with Gasteiger partial charge in [0.25, 0.3) is 0 Å². The number of amides is 2. The molecule has 2 aromatic rings. The number of nitrogens with zero attached hydrogens (tertiary/aromatic N) is 3. The van der Waals surface area contributed by atoms with Gasteiger partial charge < -0.3 is 15.2 Å². The summed E-state index contributed by atoms with van der Waals surface area (Å²) in [5.41, 5.74) is 1.27. The predicted octanol–water partition coefficient (Wildman–Crippen LogP) is 2.55. The number of thioether (sulfide) groups is 1. The monoisotopic (exact) mass is 333 g/mol. The van der Waals surface area contributed by atoms with Crippen LogP contribution >= 0.6 is 11.8 Å². The molecule has 0 bridgehead atoms. The average Bonchev–Trinajstić information content (AvgIpc) is 2.93. The van der Waals surface area contributed by atoms with Crippen molar-refractivity contribution < 1.29 is 9.59 Å². The lowest BCUT2D eigenvalue weighted by atomic mass is 10.2. The van der Waals surface area contributed by atoms with Gasteiger partial charge in [0, 0.05) is 24.3 Å². The molecule has 0 saturated heterocycles. The van der Waals surface area contributed by atoms with Crippen LogP contribution in [-0.4, -0.2) is 32.3 Å². The van der Waals surface area contributed by atoms with Gasteiger partial charge in [0.15, 0.2) is 5.16 Å². The molecule has 2 N–H and O–H groups in total. The minimum atomic E-state index is -0.156. The third-order valence-electron chi connectivity index (χ3n) is 2.90. The van der Waals surface area contributed by atoms with E-state index in [1.807, 2.05) is 18.4 Å². The van der Waals surface area contributed by atoms with E-state index in [1.165, 1.54) is 18.7 Å². The van der Waals surface area contributed by atoms with Crippen LogP contribution in [0.25, 0.3) is 0 Å². The first-order chi connectivity index (χ1) is 11.0. The number of hydrogen-bond acceptors (Lipinski definition) is 5. The number of benzene rings is 1. The van der Waals surface area contributed by atoms with Crippen molar-refractivity contribution in [1.29, 1.82) is 0 Å². The molecule has 0 aliphatic rings. The Bertz CT molecular complexity index is 699. The van der Waals surface area contributed by atoms with Gasteiger partial charge in [-0.15, -0.1) is 10.2 Å². The van der Waals surface area contributed by atoms with E-state index in [0.717, 1.165) is 0 Å². The Hall–Kier alpha value is -2.35. The molecule has 0 aliphatic heterocycles. The first-order valence-corrected chi connectivity index (χ1v) is 8.14. The van der Waals surface area contributed by atoms with Crippen LogP contribution in [0.1, 0.15) is 26.8 Å². The fourth-order valence-electron chi connectivity index (χ4n) is 1.89. The molecule has 0 saturated carbocycles. The van der Waals surface area contributed by atoms with Crippen LogP contribution in [0.5, 0.6) is 0 Å². The summed E-state index contributed by atoms with van der Waals surface area (Å²) < 4.78 is 1.91. The number of aromatic nitrogens is 3. The van der Waals surface area contributed by atoms with Gasteiger partial charge in [-0.2, -0.15) is 0 Å². The molecule has 0 fully saturated rings. The number of nitrogens with one attached hydrogen (secondary N) is 2. The summed E-state index contributed by atoms with van der Waals surface area (Å²) in [6.45, 7) is 5.49. The third-order valence-corrected chi connectivity index (χ3v) is 3.85. The summed E-state index contributed by atoms with van der Waals surface area (Å²) >= 11 is 1.33. The van der Waals surface area contributed by atoms with Crippen molar-refractivity contribution >= 4 is 35.0 Å². The number of rotatable bonds is 6. The molecule has 23 heavy (non-hydrogen) atoms. The highest BCUT2D eigenvalue weighted by atomic mass is 32.2. The maximum Gasteiger partial charge on any atom is 0.234 e. The first kappa shape index (κ1) is 17.0. The largest absolute Gasteiger partial charge is 0.326 e. The van der Waals surface area contributed by atoms with Gasteiger partial charge in [-0.25, -0.2) is 0 Å². The van der Waals surface area contributed by atoms with Crippen LogP contribution in [0, 0.1) is 0 Å². The van der Waals surface area contributed by atoms with Gasteiger partial charge in [0.1, 0.15) is 6.33 Å². The number of carbonyl (C=O) groups is 2. The summed E-state index contributed by atoms with van der Waals surface area (Å²) in [6.07, 6.45) is 1.65. The quantitative estimate of drug-likeness (QED) is 0.793. The Kier molecular flexibility index (Phi) is 5.75. The summed E-state index contributed by atoms with van der Waals surface area (Å²) in [7, 11) is 0. The van der Waals surface area contributed by atoms with E-state index in [9.17, 15) is 9.59 Å². The van der Waals surface area contributed by atoms with Crippen molar-refractivity contribution in [1.82, 2.24) is 14.8 Å². The smallest absolute Gasteiger partial charge is 0.234 e. The van der Waals surface area contributed by atoms with Crippen LogP contribution in [-0.2, 0) is 9.59 Å². The van der Waals surface area contributed by atoms with E-state index < -0.39 is 0 Å². The number of hydrogen-bond donors (Lipinski definition) is 2. The zero-order valence-electron chi connectivity index (χ0n) is 13.2. The molecule has 2 rings (SSSR count). The average molecular weight is 333 g/mol. The molecule has 2 amide bonds. The van der Waals surface area contributed by atoms with Crippen LogP contribution in [0.15, 0.2) is 35.7 Å². The lowest BCUT2D eigenvalue weighted by Gasteiger charge is -2.10. The second-order valence-corrected chi connectivity index (χ2v) is 6.16. The molecule has 1 heterocycles. The van der Waals surface area contributed by atoms with Crippen LogP contribution in [0.4, 0.5) is 11.4 Å². The van der Waals surface area contributed by atoms with E-state index in [2.05, 4.69) is 20.8 Å². The van der Waals surface area contributed by atoms with E-state index in [-0.39, 0.29) is 23.6 Å². The summed E-state index contributed by atoms with van der Waals surface area (Å²) in [5, 5.41) is 14.1. The second kappa shape index (κ2) is 7.77. The van der Waals surface area contributed by atoms with Gasteiger partial charge in [-0.3, -0.25) is 9.59 Å². The zero-order valence-corrected chi connectivity index (χ0v) is 14.1. The van der Waals surface area contributed by atoms with Gasteiger partial charge >= 0.3 is 0 Å². The summed E-state index contributed by atoms with van der Waals surface area (Å²) in [5.74, 6) is -0.0687. The van der Waals surface area contributed by atoms with Crippen molar-refractivity contribution in [2.24, 2.45) is 0 Å². The van der Waals surface area contributed by atoms with Crippen LogP contribution in [0.2, 0.25) is 0 Å². The van der Waals surface area contributed by atoms with E-state index in [1.54, 1.807) is 30.6 Å². The van der Waals surface area contributed by atoms with Crippen molar-refractivity contribution in [2.75, 3.05) is 16.4 Å². The molecule has 1 aromatic heterocycles. The zero-order chi connectivity index (χ0) is 16.8. The molecule has 7 nitrogen and oxygen atoms in total. The lowest BCUT2D eigenvalue weighted by Crippen LogP contribution is -2.15. The van der Waals surface area contributed by atoms with Crippen LogP contribution < -0.4 is 10.6 Å². The lowest BCUT2D eigenvalue weighted by molar-refractivity contribution is -0.114. The van der Waals surface area contributed by atoms with Gasteiger partial charge in [-0.05, 0) is 32.0 Å². The molecular formula is C15H19N5O2S. The van der Waals surface area contributed by atoms with E-state index in [0.29, 0.717) is 16.5 Å². The Morgan fingerprint density at radius 1 is 1.26 bits per heavy atom. The maximum atomic E-state index is 12.0. The number of carbonyl (C=O) groups excluding carboxylic acids is 2. The molecule has 0 aliphatic carbocycles. The third kappa shape index (κ3) is 5.10. The first-order valence-electron chi connectivity index (χ1n) is 7.15. The molecule has 0 atom stereocenters. The summed E-state index contributed by atoms with van der Waals surface area (Å²) in [6, 6.07) is 7.25. The Morgan fingerprint density at radius 3 is 2.61 bits per heavy atom.